The molecule has 0 spiro atoms. The van der Waals surface area contributed by atoms with Crippen molar-refractivity contribution in [1.29, 1.82) is 0 Å². The molecule has 3 nitrogen and oxygen atoms in total. The Morgan fingerprint density at radius 3 is 2.44 bits per heavy atom. The molecule has 0 aliphatic rings. The van der Waals surface area contributed by atoms with Crippen molar-refractivity contribution in [2.24, 2.45) is 7.05 Å². The van der Waals surface area contributed by atoms with Crippen molar-refractivity contribution >= 4 is 49.0 Å². The van der Waals surface area contributed by atoms with Crippen LogP contribution in [0.15, 0.2) is 48.7 Å². The topological polar surface area (TPSA) is 12.7 Å². The highest BCUT2D eigenvalue weighted by Gasteiger charge is 2.30. The predicted molar refractivity (Wildman–Crippen MR) is 134 cm³/mol. The first kappa shape index (κ1) is 19.1. The maximum atomic E-state index is 7.79. The van der Waals surface area contributed by atoms with Gasteiger partial charge in [0.25, 0.3) is 5.54 Å². The molecular weight excluding hydrogens is 390 g/mol. The minimum atomic E-state index is -0.578. The Bertz CT molecular complexity index is 1790. The molecule has 0 saturated carbocycles. The third-order valence-corrected chi connectivity index (χ3v) is 7.40. The second kappa shape index (κ2) is 5.99. The zero-order valence-corrected chi connectivity index (χ0v) is 19.5. The van der Waals surface area contributed by atoms with E-state index in [1.54, 1.807) is 0 Å². The Morgan fingerprint density at radius 1 is 0.906 bits per heavy atom. The fraction of sp³-hybridized carbons (Fsp3) is 0.241. The van der Waals surface area contributed by atoms with Crippen LogP contribution in [0.25, 0.3) is 53.8 Å². The molecule has 0 amide bonds. The molecule has 0 fully saturated rings. The van der Waals surface area contributed by atoms with Gasteiger partial charge in [0.2, 0.25) is 5.52 Å². The first-order valence-electron chi connectivity index (χ1n) is 11.1. The highest BCUT2D eigenvalue weighted by Crippen LogP contribution is 2.43. The van der Waals surface area contributed by atoms with Gasteiger partial charge in [-0.2, -0.15) is 0 Å². The molecule has 3 aromatic carbocycles. The quantitative estimate of drug-likeness (QED) is 0.120. The molecule has 0 bridgehead atoms. The minimum absolute atomic E-state index is 0.578. The van der Waals surface area contributed by atoms with Gasteiger partial charge in [0.15, 0.2) is 6.20 Å². The number of hydrogen-bond acceptors (Lipinski definition) is 0. The lowest BCUT2D eigenvalue weighted by Gasteiger charge is -2.17. The monoisotopic (exact) mass is 416 g/mol. The van der Waals surface area contributed by atoms with Crippen LogP contribution in [-0.2, 0) is 12.6 Å². The number of aryl methyl sites for hydroxylation is 4. The molecule has 156 valence electrons. The van der Waals surface area contributed by atoms with Crippen molar-refractivity contribution < 1.29 is 4.57 Å². The zero-order valence-electron chi connectivity index (χ0n) is 19.5. The molecule has 0 radical (unpaired) electrons. The summed E-state index contributed by atoms with van der Waals surface area (Å²) in [7, 11) is 2.14. The van der Waals surface area contributed by atoms with Crippen LogP contribution in [-0.4, -0.2) is 4.40 Å². The Kier molecular flexibility index (Phi) is 3.57. The Morgan fingerprint density at radius 2 is 1.69 bits per heavy atom. The molecule has 3 heterocycles. The Balaban J connectivity index is 2.06. The summed E-state index contributed by atoms with van der Waals surface area (Å²) in [5.41, 5.74) is 9.36. The summed E-state index contributed by atoms with van der Waals surface area (Å²) in [6.07, 6.45) is 2.16. The van der Waals surface area contributed by atoms with E-state index in [1.807, 2.05) is 13.8 Å². The van der Waals surface area contributed by atoms with Crippen LogP contribution in [0.1, 0.15) is 36.1 Å². The smallest absolute Gasteiger partial charge is 0.252 e. The molecule has 3 heteroatoms. The van der Waals surface area contributed by atoms with Crippen molar-refractivity contribution in [3.05, 3.63) is 82.3 Å². The first-order valence-corrected chi connectivity index (χ1v) is 11.1. The van der Waals surface area contributed by atoms with E-state index in [0.717, 1.165) is 5.56 Å². The maximum Gasteiger partial charge on any atom is 0.252 e. The van der Waals surface area contributed by atoms with E-state index in [4.69, 9.17) is 6.57 Å². The highest BCUT2D eigenvalue weighted by molar-refractivity contribution is 6.26. The lowest BCUT2D eigenvalue weighted by atomic mass is 9.90. The van der Waals surface area contributed by atoms with Crippen LogP contribution in [0.5, 0.6) is 0 Å². The van der Waals surface area contributed by atoms with Crippen molar-refractivity contribution in [2.45, 2.75) is 40.2 Å². The summed E-state index contributed by atoms with van der Waals surface area (Å²) in [5, 5.41) is 6.38. The van der Waals surface area contributed by atoms with E-state index < -0.39 is 5.54 Å². The van der Waals surface area contributed by atoms with Gasteiger partial charge in [-0.1, -0.05) is 11.6 Å². The Hall–Kier alpha value is -3.64. The third kappa shape index (κ3) is 2.22. The van der Waals surface area contributed by atoms with Gasteiger partial charge in [-0.05, 0) is 67.6 Å². The van der Waals surface area contributed by atoms with Crippen LogP contribution in [0.4, 0.5) is 0 Å². The fourth-order valence-corrected chi connectivity index (χ4v) is 5.44. The van der Waals surface area contributed by atoms with E-state index in [0.29, 0.717) is 0 Å². The van der Waals surface area contributed by atoms with Crippen molar-refractivity contribution in [3.63, 3.8) is 0 Å². The molecule has 0 unspecified atom stereocenters. The maximum absolute atomic E-state index is 7.79. The molecule has 0 saturated heterocycles. The first-order chi connectivity index (χ1) is 15.2. The van der Waals surface area contributed by atoms with Crippen LogP contribution < -0.4 is 4.57 Å². The predicted octanol–water partition coefficient (Wildman–Crippen LogP) is 6.89. The van der Waals surface area contributed by atoms with Gasteiger partial charge in [0.05, 0.1) is 27.3 Å². The van der Waals surface area contributed by atoms with Gasteiger partial charge in [-0.15, -0.1) is 0 Å². The second-order valence-electron chi connectivity index (χ2n) is 9.85. The molecule has 0 aliphatic heterocycles. The summed E-state index contributed by atoms with van der Waals surface area (Å²) in [6, 6.07) is 15.8. The normalized spacial score (nSPS) is 12.7. The van der Waals surface area contributed by atoms with Crippen LogP contribution in [0, 0.1) is 27.3 Å². The molecule has 0 aliphatic carbocycles. The van der Waals surface area contributed by atoms with Crippen LogP contribution in [0.3, 0.4) is 0 Å². The number of pyridine rings is 2. The largest absolute Gasteiger partial charge is 0.307 e. The highest BCUT2D eigenvalue weighted by atomic mass is 15.0. The number of aromatic nitrogens is 2. The standard InChI is InChI=1S/C29H26N3/c1-16-8-9-23-21(12-16)22-13-17(2)18(3)25-27(22)32(23)24-15-20(29(4,5)30-6)14-19-10-11-31(7)28(25)26(19)24/h8-15H,1-5,7H3/q+1. The molecular formula is C29H26N3+. The summed E-state index contributed by atoms with van der Waals surface area (Å²) < 4.78 is 4.71. The van der Waals surface area contributed by atoms with Crippen LogP contribution in [0.2, 0.25) is 0 Å². The minimum Gasteiger partial charge on any atom is -0.307 e. The molecule has 0 atom stereocenters. The average Bonchev–Trinajstić information content (AvgIpc) is 3.08. The van der Waals surface area contributed by atoms with E-state index >= 15 is 0 Å². The number of rotatable bonds is 1. The summed E-state index contributed by atoms with van der Waals surface area (Å²) >= 11 is 0. The number of benzene rings is 3. The van der Waals surface area contributed by atoms with Gasteiger partial charge in [-0.3, -0.25) is 0 Å². The summed E-state index contributed by atoms with van der Waals surface area (Å²) in [4.78, 5) is 3.95. The molecule has 3 aromatic heterocycles. The van der Waals surface area contributed by atoms with Gasteiger partial charge in [0.1, 0.15) is 7.05 Å². The fourth-order valence-electron chi connectivity index (χ4n) is 5.44. The van der Waals surface area contributed by atoms with Gasteiger partial charge < -0.3 is 9.25 Å². The number of hydrogen-bond donors (Lipinski definition) is 0. The molecule has 32 heavy (non-hydrogen) atoms. The molecule has 6 rings (SSSR count). The van der Waals surface area contributed by atoms with Crippen molar-refractivity contribution in [2.75, 3.05) is 0 Å². The lowest BCUT2D eigenvalue weighted by Crippen LogP contribution is -2.29. The summed E-state index contributed by atoms with van der Waals surface area (Å²) in [5.74, 6) is 0. The van der Waals surface area contributed by atoms with Crippen molar-refractivity contribution in [1.82, 2.24) is 4.40 Å². The van der Waals surface area contributed by atoms with E-state index in [9.17, 15) is 0 Å². The van der Waals surface area contributed by atoms with Crippen LogP contribution >= 0.6 is 0 Å². The zero-order chi connectivity index (χ0) is 22.5. The number of fused-ring (bicyclic) bond motifs is 5. The van der Waals surface area contributed by atoms with E-state index in [-0.39, 0.29) is 0 Å². The summed E-state index contributed by atoms with van der Waals surface area (Å²) in [6.45, 7) is 18.4. The number of nitrogens with zero attached hydrogens (tertiary/aromatic N) is 3. The van der Waals surface area contributed by atoms with E-state index in [1.165, 1.54) is 65.7 Å². The van der Waals surface area contributed by atoms with Gasteiger partial charge in [0, 0.05) is 36.2 Å². The second-order valence-corrected chi connectivity index (χ2v) is 9.85. The Labute approximate surface area is 187 Å². The van der Waals surface area contributed by atoms with Crippen molar-refractivity contribution in [3.8, 4) is 0 Å². The lowest BCUT2D eigenvalue weighted by molar-refractivity contribution is -0.643. The van der Waals surface area contributed by atoms with Gasteiger partial charge in [-0.25, -0.2) is 11.1 Å². The molecule has 6 aromatic rings. The SMILES string of the molecule is [C-]#[N+]C(C)(C)c1cc2cc[n+](C)c3c4c(C)c(C)cc5c6cc(C)ccc6n(c(c1)c23)c54. The van der Waals surface area contributed by atoms with E-state index in [2.05, 4.69) is 90.3 Å². The average molecular weight is 417 g/mol. The third-order valence-electron chi connectivity index (χ3n) is 7.40. The van der Waals surface area contributed by atoms with Gasteiger partial charge >= 0.3 is 0 Å². The molecule has 0 N–H and O–H groups in total.